The highest BCUT2D eigenvalue weighted by molar-refractivity contribution is 5.21. The van der Waals surface area contributed by atoms with Crippen molar-refractivity contribution in [1.82, 2.24) is 15.1 Å². The van der Waals surface area contributed by atoms with Crippen LogP contribution < -0.4 is 5.32 Å². The Bertz CT molecular complexity index is 378. The molecule has 15 heavy (non-hydrogen) atoms. The summed E-state index contributed by atoms with van der Waals surface area (Å²) in [4.78, 5) is 0. The highest BCUT2D eigenvalue weighted by Gasteiger charge is 2.47. The third-order valence-corrected chi connectivity index (χ3v) is 3.25. The van der Waals surface area contributed by atoms with E-state index in [0.29, 0.717) is 0 Å². The first-order valence-electron chi connectivity index (χ1n) is 5.29. The van der Waals surface area contributed by atoms with E-state index in [-0.39, 0.29) is 18.9 Å². The van der Waals surface area contributed by atoms with E-state index in [4.69, 9.17) is 0 Å². The van der Waals surface area contributed by atoms with Crippen LogP contribution in [0.15, 0.2) is 6.20 Å². The van der Waals surface area contributed by atoms with Crippen LogP contribution >= 0.6 is 0 Å². The molecule has 1 aromatic rings. The minimum Gasteiger partial charge on any atom is -0.312 e. The van der Waals surface area contributed by atoms with Crippen molar-refractivity contribution in [2.24, 2.45) is 0 Å². The maximum atomic E-state index is 12.8. The van der Waals surface area contributed by atoms with Crippen LogP contribution in [0.5, 0.6) is 0 Å². The molecule has 1 saturated carbocycles. The molecule has 5 heteroatoms. The molecule has 2 aliphatic rings. The van der Waals surface area contributed by atoms with Crippen molar-refractivity contribution < 1.29 is 8.78 Å². The summed E-state index contributed by atoms with van der Waals surface area (Å²) in [7, 11) is 0. The molecule has 0 amide bonds. The van der Waals surface area contributed by atoms with Crippen LogP contribution in [0.4, 0.5) is 8.78 Å². The number of nitrogens with zero attached hydrogens (tertiary/aromatic N) is 2. The minimum absolute atomic E-state index is 0.0471. The normalized spacial score (nSPS) is 24.7. The van der Waals surface area contributed by atoms with E-state index in [1.54, 1.807) is 6.20 Å². The molecule has 1 N–H and O–H groups in total. The van der Waals surface area contributed by atoms with E-state index in [1.807, 2.05) is 4.68 Å². The first-order chi connectivity index (χ1) is 7.16. The largest absolute Gasteiger partial charge is 0.312 e. The second kappa shape index (κ2) is 3.01. The Morgan fingerprint density at radius 3 is 3.00 bits per heavy atom. The van der Waals surface area contributed by atoms with Gasteiger partial charge in [0.1, 0.15) is 0 Å². The van der Waals surface area contributed by atoms with Gasteiger partial charge in [0.25, 0.3) is 5.92 Å². The van der Waals surface area contributed by atoms with Crippen molar-refractivity contribution in [3.63, 3.8) is 0 Å². The van der Waals surface area contributed by atoms with E-state index < -0.39 is 5.92 Å². The van der Waals surface area contributed by atoms with E-state index in [9.17, 15) is 8.78 Å². The molecule has 0 aromatic carbocycles. The summed E-state index contributed by atoms with van der Waals surface area (Å²) in [5, 5.41) is 7.47. The summed E-state index contributed by atoms with van der Waals surface area (Å²) in [5.74, 6) is -2.46. The lowest BCUT2D eigenvalue weighted by Gasteiger charge is -2.36. The highest BCUT2D eigenvalue weighted by atomic mass is 19.3. The molecule has 0 unspecified atom stereocenters. The van der Waals surface area contributed by atoms with E-state index >= 15 is 0 Å². The standard InChI is InChI=1S/C10H13F2N3/c11-10(12)3-8(4-10)15-9-1-2-13-5-7(9)6-14-15/h6,8,13H,1-5H2. The van der Waals surface area contributed by atoms with Gasteiger partial charge in [0.05, 0.1) is 12.2 Å². The van der Waals surface area contributed by atoms with Crippen LogP contribution in [0, 0.1) is 0 Å². The van der Waals surface area contributed by atoms with Gasteiger partial charge in [0, 0.05) is 43.6 Å². The predicted octanol–water partition coefficient (Wildman–Crippen LogP) is 1.50. The highest BCUT2D eigenvalue weighted by Crippen LogP contribution is 2.45. The molecular formula is C10H13F2N3. The Hall–Kier alpha value is -0.970. The van der Waals surface area contributed by atoms with Gasteiger partial charge in [-0.15, -0.1) is 0 Å². The van der Waals surface area contributed by atoms with Crippen molar-refractivity contribution in [3.05, 3.63) is 17.5 Å². The number of fused-ring (bicyclic) bond motifs is 1. The van der Waals surface area contributed by atoms with Crippen LogP contribution in [0.3, 0.4) is 0 Å². The molecule has 0 atom stereocenters. The Kier molecular flexibility index (Phi) is 1.86. The Morgan fingerprint density at radius 1 is 1.47 bits per heavy atom. The molecule has 0 bridgehead atoms. The average Bonchev–Trinajstić information content (AvgIpc) is 2.57. The third kappa shape index (κ3) is 1.45. The van der Waals surface area contributed by atoms with Crippen LogP contribution in [0.25, 0.3) is 0 Å². The molecule has 0 spiro atoms. The fraction of sp³-hybridized carbons (Fsp3) is 0.700. The molecular weight excluding hydrogens is 200 g/mol. The molecule has 3 rings (SSSR count). The molecule has 82 valence electrons. The number of alkyl halides is 2. The SMILES string of the molecule is FC1(F)CC(n2ncc3c2CCNC3)C1. The van der Waals surface area contributed by atoms with Crippen molar-refractivity contribution in [3.8, 4) is 0 Å². The molecule has 1 aliphatic heterocycles. The summed E-state index contributed by atoms with van der Waals surface area (Å²) in [6, 6.07) is -0.0816. The number of rotatable bonds is 1. The maximum absolute atomic E-state index is 12.8. The average molecular weight is 213 g/mol. The fourth-order valence-electron chi connectivity index (χ4n) is 2.39. The maximum Gasteiger partial charge on any atom is 0.252 e. The topological polar surface area (TPSA) is 29.9 Å². The molecule has 2 heterocycles. The van der Waals surface area contributed by atoms with Gasteiger partial charge in [-0.2, -0.15) is 5.10 Å². The summed E-state index contributed by atoms with van der Waals surface area (Å²) < 4.78 is 27.3. The number of halogens is 2. The van der Waals surface area contributed by atoms with Gasteiger partial charge in [-0.25, -0.2) is 8.78 Å². The van der Waals surface area contributed by atoms with Crippen molar-refractivity contribution in [2.45, 2.75) is 37.8 Å². The Morgan fingerprint density at radius 2 is 2.27 bits per heavy atom. The number of aromatic nitrogens is 2. The molecule has 0 radical (unpaired) electrons. The van der Waals surface area contributed by atoms with Gasteiger partial charge in [0.15, 0.2) is 0 Å². The lowest BCUT2D eigenvalue weighted by Crippen LogP contribution is -2.39. The van der Waals surface area contributed by atoms with Gasteiger partial charge in [-0.1, -0.05) is 0 Å². The van der Waals surface area contributed by atoms with Gasteiger partial charge in [-0.3, -0.25) is 4.68 Å². The van der Waals surface area contributed by atoms with Crippen molar-refractivity contribution in [1.29, 1.82) is 0 Å². The summed E-state index contributed by atoms with van der Waals surface area (Å²) >= 11 is 0. The number of nitrogens with one attached hydrogen (secondary N) is 1. The second-order valence-electron chi connectivity index (χ2n) is 4.41. The van der Waals surface area contributed by atoms with Crippen LogP contribution in [0.2, 0.25) is 0 Å². The van der Waals surface area contributed by atoms with Gasteiger partial charge in [0.2, 0.25) is 0 Å². The predicted molar refractivity (Wildman–Crippen MR) is 50.9 cm³/mol. The van der Waals surface area contributed by atoms with Gasteiger partial charge >= 0.3 is 0 Å². The molecule has 1 aliphatic carbocycles. The van der Waals surface area contributed by atoms with Crippen LogP contribution in [0.1, 0.15) is 30.1 Å². The fourth-order valence-corrected chi connectivity index (χ4v) is 2.39. The lowest BCUT2D eigenvalue weighted by atomic mass is 9.88. The van der Waals surface area contributed by atoms with Crippen molar-refractivity contribution >= 4 is 0 Å². The lowest BCUT2D eigenvalue weighted by molar-refractivity contribution is -0.107. The van der Waals surface area contributed by atoms with Gasteiger partial charge < -0.3 is 5.32 Å². The number of hydrogen-bond donors (Lipinski definition) is 1. The van der Waals surface area contributed by atoms with E-state index in [2.05, 4.69) is 10.4 Å². The van der Waals surface area contributed by atoms with Crippen LogP contribution in [-0.4, -0.2) is 22.2 Å². The first kappa shape index (κ1) is 9.27. The van der Waals surface area contributed by atoms with Crippen molar-refractivity contribution in [2.75, 3.05) is 6.54 Å². The monoisotopic (exact) mass is 213 g/mol. The summed E-state index contributed by atoms with van der Waals surface area (Å²) in [6.45, 7) is 1.74. The Labute approximate surface area is 86.5 Å². The minimum atomic E-state index is -2.46. The summed E-state index contributed by atoms with van der Waals surface area (Å²) in [5.41, 5.74) is 2.31. The molecule has 3 nitrogen and oxygen atoms in total. The first-order valence-corrected chi connectivity index (χ1v) is 5.29. The van der Waals surface area contributed by atoms with E-state index in [0.717, 1.165) is 30.8 Å². The molecule has 0 saturated heterocycles. The second-order valence-corrected chi connectivity index (χ2v) is 4.41. The smallest absolute Gasteiger partial charge is 0.252 e. The molecule has 1 aromatic heterocycles. The van der Waals surface area contributed by atoms with Gasteiger partial charge in [-0.05, 0) is 0 Å². The zero-order valence-corrected chi connectivity index (χ0v) is 8.34. The number of hydrogen-bond acceptors (Lipinski definition) is 2. The van der Waals surface area contributed by atoms with Crippen LogP contribution in [-0.2, 0) is 13.0 Å². The molecule has 1 fully saturated rings. The summed E-state index contributed by atoms with van der Waals surface area (Å²) in [6.07, 6.45) is 2.61. The zero-order valence-electron chi connectivity index (χ0n) is 8.34. The Balaban J connectivity index is 1.84. The zero-order chi connectivity index (χ0) is 10.5. The quantitative estimate of drug-likeness (QED) is 0.766. The van der Waals surface area contributed by atoms with E-state index in [1.165, 1.54) is 0 Å². The third-order valence-electron chi connectivity index (χ3n) is 3.25.